The molecule has 0 fully saturated rings. The summed E-state index contributed by atoms with van der Waals surface area (Å²) in [7, 11) is 0. The molecule has 20 heavy (non-hydrogen) atoms. The van der Waals surface area contributed by atoms with E-state index in [9.17, 15) is 9.18 Å². The molecule has 0 aliphatic heterocycles. The van der Waals surface area contributed by atoms with Crippen molar-refractivity contribution in [2.45, 2.75) is 0 Å². The normalized spacial score (nSPS) is 10.2. The summed E-state index contributed by atoms with van der Waals surface area (Å²) >= 11 is 9.09. The number of anilines is 1. The zero-order valence-corrected chi connectivity index (χ0v) is 12.5. The van der Waals surface area contributed by atoms with Gasteiger partial charge < -0.3 is 10.1 Å². The van der Waals surface area contributed by atoms with E-state index in [4.69, 9.17) is 16.3 Å². The maximum atomic E-state index is 12.8. The Bertz CT molecular complexity index is 619. The summed E-state index contributed by atoms with van der Waals surface area (Å²) in [5.41, 5.74) is 0.659. The quantitative estimate of drug-likeness (QED) is 0.887. The van der Waals surface area contributed by atoms with Crippen molar-refractivity contribution in [3.05, 3.63) is 57.8 Å². The molecule has 0 spiro atoms. The zero-order valence-electron chi connectivity index (χ0n) is 10.2. The summed E-state index contributed by atoms with van der Waals surface area (Å²) in [4.78, 5) is 11.7. The molecule has 0 unspecified atom stereocenters. The first-order chi connectivity index (χ1) is 9.54. The number of benzene rings is 2. The highest BCUT2D eigenvalue weighted by atomic mass is 79.9. The topological polar surface area (TPSA) is 38.3 Å². The van der Waals surface area contributed by atoms with E-state index in [0.29, 0.717) is 5.69 Å². The minimum Gasteiger partial charge on any atom is -0.482 e. The molecule has 2 rings (SSSR count). The van der Waals surface area contributed by atoms with Gasteiger partial charge in [-0.05, 0) is 42.5 Å². The lowest BCUT2D eigenvalue weighted by molar-refractivity contribution is -0.118. The van der Waals surface area contributed by atoms with Crippen molar-refractivity contribution in [3.63, 3.8) is 0 Å². The number of carbonyl (C=O) groups is 1. The number of rotatable bonds is 4. The summed E-state index contributed by atoms with van der Waals surface area (Å²) in [6.07, 6.45) is 0. The van der Waals surface area contributed by atoms with Gasteiger partial charge in [0.15, 0.2) is 6.61 Å². The molecule has 3 nitrogen and oxygen atoms in total. The molecule has 0 aromatic heterocycles. The number of carbonyl (C=O) groups excluding carboxylic acids is 1. The average molecular weight is 359 g/mol. The summed E-state index contributed by atoms with van der Waals surface area (Å²) < 4.78 is 19.0. The molecule has 0 aliphatic rings. The fourth-order valence-electron chi connectivity index (χ4n) is 1.47. The molecule has 0 saturated heterocycles. The first kappa shape index (κ1) is 14.8. The molecule has 0 saturated carbocycles. The second kappa shape index (κ2) is 6.72. The van der Waals surface area contributed by atoms with E-state index in [2.05, 4.69) is 21.2 Å². The fourth-order valence-corrected chi connectivity index (χ4v) is 1.95. The van der Waals surface area contributed by atoms with Crippen LogP contribution < -0.4 is 10.1 Å². The SMILES string of the molecule is O=C(COc1ccc(F)cc1Cl)Nc1ccc(Br)cc1. The minimum absolute atomic E-state index is 0.126. The Hall–Kier alpha value is -1.59. The van der Waals surface area contributed by atoms with Crippen molar-refractivity contribution >= 4 is 39.1 Å². The van der Waals surface area contributed by atoms with E-state index in [1.807, 2.05) is 12.1 Å². The Morgan fingerprint density at radius 3 is 2.60 bits per heavy atom. The number of hydrogen-bond acceptors (Lipinski definition) is 2. The maximum Gasteiger partial charge on any atom is 0.262 e. The van der Waals surface area contributed by atoms with E-state index < -0.39 is 5.82 Å². The van der Waals surface area contributed by atoms with Crippen LogP contribution in [0.3, 0.4) is 0 Å². The predicted octanol–water partition coefficient (Wildman–Crippen LogP) is 4.26. The summed E-state index contributed by atoms with van der Waals surface area (Å²) in [5.74, 6) is -0.520. The van der Waals surface area contributed by atoms with Crippen LogP contribution in [0.4, 0.5) is 10.1 Å². The third kappa shape index (κ3) is 4.21. The molecule has 1 amide bonds. The maximum absolute atomic E-state index is 12.8. The van der Waals surface area contributed by atoms with Gasteiger partial charge in [-0.1, -0.05) is 27.5 Å². The lowest BCUT2D eigenvalue weighted by Crippen LogP contribution is -2.20. The Balaban J connectivity index is 1.90. The lowest BCUT2D eigenvalue weighted by atomic mass is 10.3. The standard InChI is InChI=1S/C14H10BrClFNO2/c15-9-1-4-11(5-2-9)18-14(19)8-20-13-6-3-10(17)7-12(13)16/h1-7H,8H2,(H,18,19). The molecular formula is C14H10BrClFNO2. The van der Waals surface area contributed by atoms with Crippen LogP contribution in [-0.2, 0) is 4.79 Å². The number of ether oxygens (including phenoxy) is 1. The minimum atomic E-state index is -0.457. The van der Waals surface area contributed by atoms with Gasteiger partial charge in [0.05, 0.1) is 5.02 Å². The third-order valence-electron chi connectivity index (χ3n) is 2.38. The molecule has 0 bridgehead atoms. The van der Waals surface area contributed by atoms with Crippen LogP contribution in [0.15, 0.2) is 46.9 Å². The fraction of sp³-hybridized carbons (Fsp3) is 0.0714. The van der Waals surface area contributed by atoms with Crippen LogP contribution in [0.25, 0.3) is 0 Å². The highest BCUT2D eigenvalue weighted by Crippen LogP contribution is 2.24. The van der Waals surface area contributed by atoms with E-state index in [0.717, 1.165) is 10.5 Å². The smallest absolute Gasteiger partial charge is 0.262 e. The Morgan fingerprint density at radius 2 is 1.95 bits per heavy atom. The van der Waals surface area contributed by atoms with Crippen LogP contribution in [0.5, 0.6) is 5.75 Å². The highest BCUT2D eigenvalue weighted by Gasteiger charge is 2.07. The number of hydrogen-bond donors (Lipinski definition) is 1. The van der Waals surface area contributed by atoms with Crippen molar-refractivity contribution < 1.29 is 13.9 Å². The Morgan fingerprint density at radius 1 is 1.25 bits per heavy atom. The van der Waals surface area contributed by atoms with Crippen LogP contribution in [0.2, 0.25) is 5.02 Å². The van der Waals surface area contributed by atoms with Gasteiger partial charge in [0.25, 0.3) is 5.91 Å². The largest absolute Gasteiger partial charge is 0.482 e. The van der Waals surface area contributed by atoms with Gasteiger partial charge in [-0.25, -0.2) is 4.39 Å². The molecule has 6 heteroatoms. The Kier molecular flexibility index (Phi) is 4.98. The van der Waals surface area contributed by atoms with Gasteiger partial charge in [-0.15, -0.1) is 0 Å². The molecule has 2 aromatic carbocycles. The van der Waals surface area contributed by atoms with E-state index in [-0.39, 0.29) is 23.3 Å². The van der Waals surface area contributed by atoms with Crippen molar-refractivity contribution in [1.82, 2.24) is 0 Å². The van der Waals surface area contributed by atoms with Gasteiger partial charge >= 0.3 is 0 Å². The van der Waals surface area contributed by atoms with Crippen LogP contribution >= 0.6 is 27.5 Å². The zero-order chi connectivity index (χ0) is 14.5. The monoisotopic (exact) mass is 357 g/mol. The van der Waals surface area contributed by atoms with Crippen molar-refractivity contribution in [1.29, 1.82) is 0 Å². The first-order valence-electron chi connectivity index (χ1n) is 5.68. The molecule has 1 N–H and O–H groups in total. The average Bonchev–Trinajstić information content (AvgIpc) is 2.40. The highest BCUT2D eigenvalue weighted by molar-refractivity contribution is 9.10. The molecular weight excluding hydrogens is 349 g/mol. The van der Waals surface area contributed by atoms with Crippen molar-refractivity contribution in [3.8, 4) is 5.75 Å². The van der Waals surface area contributed by atoms with Crippen molar-refractivity contribution in [2.75, 3.05) is 11.9 Å². The predicted molar refractivity (Wildman–Crippen MR) is 79.7 cm³/mol. The molecule has 104 valence electrons. The first-order valence-corrected chi connectivity index (χ1v) is 6.85. The molecule has 0 aliphatic carbocycles. The molecule has 0 atom stereocenters. The van der Waals surface area contributed by atoms with Gasteiger partial charge in [-0.2, -0.15) is 0 Å². The third-order valence-corrected chi connectivity index (χ3v) is 3.20. The van der Waals surface area contributed by atoms with Crippen LogP contribution in [0.1, 0.15) is 0 Å². The number of nitrogens with one attached hydrogen (secondary N) is 1. The van der Waals surface area contributed by atoms with Crippen LogP contribution in [0, 0.1) is 5.82 Å². The van der Waals surface area contributed by atoms with Crippen molar-refractivity contribution in [2.24, 2.45) is 0 Å². The lowest BCUT2D eigenvalue weighted by Gasteiger charge is -2.08. The number of halogens is 3. The molecule has 2 aromatic rings. The number of amides is 1. The summed E-state index contributed by atoms with van der Waals surface area (Å²) in [6, 6.07) is 10.9. The van der Waals surface area contributed by atoms with E-state index in [1.54, 1.807) is 12.1 Å². The van der Waals surface area contributed by atoms with Gasteiger partial charge in [0.1, 0.15) is 11.6 Å². The van der Waals surface area contributed by atoms with Gasteiger partial charge in [0.2, 0.25) is 0 Å². The van der Waals surface area contributed by atoms with E-state index >= 15 is 0 Å². The van der Waals surface area contributed by atoms with Gasteiger partial charge in [-0.3, -0.25) is 4.79 Å². The van der Waals surface area contributed by atoms with E-state index in [1.165, 1.54) is 12.1 Å². The summed E-state index contributed by atoms with van der Waals surface area (Å²) in [5, 5.41) is 2.79. The molecule has 0 heterocycles. The van der Waals surface area contributed by atoms with Gasteiger partial charge in [0, 0.05) is 10.2 Å². The summed E-state index contributed by atoms with van der Waals surface area (Å²) in [6.45, 7) is -0.207. The molecule has 0 radical (unpaired) electrons. The second-order valence-electron chi connectivity index (χ2n) is 3.92. The van der Waals surface area contributed by atoms with Crippen LogP contribution in [-0.4, -0.2) is 12.5 Å². The Labute approximate surface area is 128 Å². The second-order valence-corrected chi connectivity index (χ2v) is 5.24.